The predicted molar refractivity (Wildman–Crippen MR) is 91.2 cm³/mol. The van der Waals surface area contributed by atoms with Crippen molar-refractivity contribution in [2.75, 3.05) is 12.1 Å². The van der Waals surface area contributed by atoms with Crippen LogP contribution in [-0.4, -0.2) is 18.1 Å². The van der Waals surface area contributed by atoms with Gasteiger partial charge in [-0.3, -0.25) is 10.2 Å². The highest BCUT2D eigenvalue weighted by Crippen LogP contribution is 2.19. The van der Waals surface area contributed by atoms with Crippen molar-refractivity contribution in [3.05, 3.63) is 59.1 Å². The molecular formula is C15H14ClN3O2S. The Morgan fingerprint density at radius 2 is 1.86 bits per heavy atom. The second kappa shape index (κ2) is 7.11. The number of benzene rings is 2. The van der Waals surface area contributed by atoms with Crippen molar-refractivity contribution < 1.29 is 9.53 Å². The van der Waals surface area contributed by atoms with Crippen LogP contribution in [0.3, 0.4) is 0 Å². The fourth-order valence-electron chi connectivity index (χ4n) is 1.79. The Kier molecular flexibility index (Phi) is 5.19. The van der Waals surface area contributed by atoms with Crippen LogP contribution in [0.2, 0.25) is 5.02 Å². The molecule has 22 heavy (non-hydrogen) atoms. The van der Waals surface area contributed by atoms with E-state index in [2.05, 4.69) is 5.43 Å². The lowest BCUT2D eigenvalue weighted by atomic mass is 10.2. The van der Waals surface area contributed by atoms with Crippen LogP contribution in [0.5, 0.6) is 5.75 Å². The van der Waals surface area contributed by atoms with Gasteiger partial charge in [0.25, 0.3) is 5.91 Å². The molecule has 0 aliphatic rings. The van der Waals surface area contributed by atoms with E-state index in [4.69, 9.17) is 34.3 Å². The summed E-state index contributed by atoms with van der Waals surface area (Å²) in [6.45, 7) is 0. The molecule has 0 radical (unpaired) electrons. The first-order valence-corrected chi connectivity index (χ1v) is 7.10. The minimum atomic E-state index is -0.408. The van der Waals surface area contributed by atoms with Crippen molar-refractivity contribution in [3.8, 4) is 5.75 Å². The summed E-state index contributed by atoms with van der Waals surface area (Å²) in [4.78, 5) is 12.3. The lowest BCUT2D eigenvalue weighted by Crippen LogP contribution is -2.49. The minimum Gasteiger partial charge on any atom is -0.497 e. The summed E-state index contributed by atoms with van der Waals surface area (Å²) in [6, 6.07) is 13.6. The van der Waals surface area contributed by atoms with E-state index in [1.807, 2.05) is 0 Å². The smallest absolute Gasteiger partial charge is 0.271 e. The van der Waals surface area contributed by atoms with Crippen molar-refractivity contribution in [2.45, 2.75) is 0 Å². The third kappa shape index (κ3) is 3.66. The number of hydrogen-bond donors (Lipinski definition) is 2. The molecule has 0 heterocycles. The number of hydrazine groups is 1. The van der Waals surface area contributed by atoms with Gasteiger partial charge in [0.1, 0.15) is 5.75 Å². The molecule has 0 fully saturated rings. The van der Waals surface area contributed by atoms with Crippen molar-refractivity contribution in [3.63, 3.8) is 0 Å². The first-order valence-electron chi connectivity index (χ1n) is 6.32. The van der Waals surface area contributed by atoms with E-state index in [0.29, 0.717) is 22.0 Å². The average molecular weight is 336 g/mol. The Morgan fingerprint density at radius 1 is 1.23 bits per heavy atom. The van der Waals surface area contributed by atoms with E-state index in [1.165, 1.54) is 5.01 Å². The highest BCUT2D eigenvalue weighted by molar-refractivity contribution is 7.80. The molecule has 2 aromatic rings. The Bertz CT molecular complexity index is 691. The number of halogens is 1. The summed E-state index contributed by atoms with van der Waals surface area (Å²) < 4.78 is 5.09. The topological polar surface area (TPSA) is 67.6 Å². The van der Waals surface area contributed by atoms with Crippen molar-refractivity contribution in [1.29, 1.82) is 0 Å². The lowest BCUT2D eigenvalue weighted by molar-refractivity contribution is 0.0955. The van der Waals surface area contributed by atoms with Gasteiger partial charge in [0.05, 0.1) is 23.4 Å². The summed E-state index contributed by atoms with van der Waals surface area (Å²) in [6.07, 6.45) is 0. The highest BCUT2D eigenvalue weighted by atomic mass is 35.5. The standard InChI is InChI=1S/C15H14ClN3O2S/c1-21-11-8-6-10(7-9-11)19(15(17)22)18-14(20)12-4-2-3-5-13(12)16/h2-9H,1H3,(H2,17,22)(H,18,20). The summed E-state index contributed by atoms with van der Waals surface area (Å²) in [5, 5.41) is 1.66. The molecule has 0 atom stereocenters. The van der Waals surface area contributed by atoms with Crippen LogP contribution in [0.15, 0.2) is 48.5 Å². The number of nitrogens with zero attached hydrogens (tertiary/aromatic N) is 1. The first-order chi connectivity index (χ1) is 10.5. The first kappa shape index (κ1) is 16.1. The van der Waals surface area contributed by atoms with Crippen LogP contribution >= 0.6 is 23.8 Å². The molecule has 2 aromatic carbocycles. The highest BCUT2D eigenvalue weighted by Gasteiger charge is 2.16. The molecule has 7 heteroatoms. The fourth-order valence-corrected chi connectivity index (χ4v) is 2.16. The summed E-state index contributed by atoms with van der Waals surface area (Å²) in [5.74, 6) is 0.276. The maximum Gasteiger partial charge on any atom is 0.271 e. The molecule has 0 saturated heterocycles. The molecule has 5 nitrogen and oxygen atoms in total. The van der Waals surface area contributed by atoms with Crippen LogP contribution in [0.4, 0.5) is 5.69 Å². The third-order valence-corrected chi connectivity index (χ3v) is 3.40. The zero-order valence-electron chi connectivity index (χ0n) is 11.7. The number of carbonyl (C=O) groups excluding carboxylic acids is 1. The monoisotopic (exact) mass is 335 g/mol. The molecule has 3 N–H and O–H groups in total. The van der Waals surface area contributed by atoms with Gasteiger partial charge in [-0.2, -0.15) is 0 Å². The van der Waals surface area contributed by atoms with E-state index in [0.717, 1.165) is 0 Å². The normalized spacial score (nSPS) is 9.91. The molecule has 0 bridgehead atoms. The molecule has 114 valence electrons. The minimum absolute atomic E-state index is 0.00516. The Balaban J connectivity index is 2.23. The maximum absolute atomic E-state index is 12.3. The molecule has 1 amide bonds. The number of ether oxygens (including phenoxy) is 1. The number of carbonyl (C=O) groups is 1. The van der Waals surface area contributed by atoms with E-state index in [-0.39, 0.29) is 5.11 Å². The van der Waals surface area contributed by atoms with E-state index in [1.54, 1.807) is 55.6 Å². The zero-order chi connectivity index (χ0) is 16.1. The van der Waals surface area contributed by atoms with Crippen LogP contribution in [0.25, 0.3) is 0 Å². The van der Waals surface area contributed by atoms with Gasteiger partial charge in [0, 0.05) is 0 Å². The van der Waals surface area contributed by atoms with Gasteiger partial charge in [-0.1, -0.05) is 23.7 Å². The van der Waals surface area contributed by atoms with Gasteiger partial charge in [-0.05, 0) is 48.6 Å². The molecule has 0 aliphatic heterocycles. The number of nitrogens with two attached hydrogens (primary N) is 1. The van der Waals surface area contributed by atoms with Crippen LogP contribution in [0, 0.1) is 0 Å². The van der Waals surface area contributed by atoms with Crippen LogP contribution in [0.1, 0.15) is 10.4 Å². The van der Waals surface area contributed by atoms with E-state index >= 15 is 0 Å². The third-order valence-electron chi connectivity index (χ3n) is 2.88. The van der Waals surface area contributed by atoms with Crippen molar-refractivity contribution >= 4 is 40.5 Å². The predicted octanol–water partition coefficient (Wildman–Crippen LogP) is 2.74. The molecular weight excluding hydrogens is 322 g/mol. The average Bonchev–Trinajstić information content (AvgIpc) is 2.52. The van der Waals surface area contributed by atoms with Gasteiger partial charge >= 0.3 is 0 Å². The van der Waals surface area contributed by atoms with Crippen LogP contribution in [-0.2, 0) is 0 Å². The number of nitrogens with one attached hydrogen (secondary N) is 1. The molecule has 0 aliphatic carbocycles. The summed E-state index contributed by atoms with van der Waals surface area (Å²) >= 11 is 11.0. The summed E-state index contributed by atoms with van der Waals surface area (Å²) in [5.41, 5.74) is 9.25. The van der Waals surface area contributed by atoms with E-state index < -0.39 is 5.91 Å². The van der Waals surface area contributed by atoms with Crippen molar-refractivity contribution in [2.24, 2.45) is 5.73 Å². The van der Waals surface area contributed by atoms with E-state index in [9.17, 15) is 4.79 Å². The fraction of sp³-hybridized carbons (Fsp3) is 0.0667. The molecule has 0 unspecified atom stereocenters. The van der Waals surface area contributed by atoms with Crippen LogP contribution < -0.4 is 20.9 Å². The second-order valence-corrected chi connectivity index (χ2v) is 5.12. The van der Waals surface area contributed by atoms with Gasteiger partial charge in [0.15, 0.2) is 5.11 Å². The number of hydrogen-bond acceptors (Lipinski definition) is 3. The number of methoxy groups -OCH3 is 1. The lowest BCUT2D eigenvalue weighted by Gasteiger charge is -2.23. The molecule has 0 spiro atoms. The molecule has 0 aromatic heterocycles. The van der Waals surface area contributed by atoms with Crippen molar-refractivity contribution in [1.82, 2.24) is 5.43 Å². The zero-order valence-corrected chi connectivity index (χ0v) is 13.3. The molecule has 2 rings (SSSR count). The maximum atomic E-state index is 12.3. The quantitative estimate of drug-likeness (QED) is 0.667. The van der Waals surface area contributed by atoms with Gasteiger partial charge < -0.3 is 10.5 Å². The number of rotatable bonds is 3. The molecule has 0 saturated carbocycles. The largest absolute Gasteiger partial charge is 0.497 e. The van der Waals surface area contributed by atoms with Gasteiger partial charge in [-0.15, -0.1) is 0 Å². The Hall–Kier alpha value is -2.31. The Labute approximate surface area is 138 Å². The van der Waals surface area contributed by atoms with Gasteiger partial charge in [-0.25, -0.2) is 5.01 Å². The number of amides is 1. The Morgan fingerprint density at radius 3 is 2.41 bits per heavy atom. The number of anilines is 1. The second-order valence-electron chi connectivity index (χ2n) is 4.29. The van der Waals surface area contributed by atoms with Gasteiger partial charge in [0.2, 0.25) is 0 Å². The number of thiocarbonyl (C=S) groups is 1. The summed E-state index contributed by atoms with van der Waals surface area (Å²) in [7, 11) is 1.57. The SMILES string of the molecule is COc1ccc(N(NC(=O)c2ccccc2Cl)C(N)=S)cc1.